The van der Waals surface area contributed by atoms with Gasteiger partial charge in [-0.15, -0.1) is 11.3 Å². The number of hydrogen-bond donors (Lipinski definition) is 1. The van der Waals surface area contributed by atoms with Crippen LogP contribution in [0.1, 0.15) is 158 Å². The molecule has 0 aliphatic heterocycles. The van der Waals surface area contributed by atoms with E-state index in [2.05, 4.69) is 147 Å². The minimum atomic E-state index is -2.37. The van der Waals surface area contributed by atoms with Crippen molar-refractivity contribution in [3.05, 3.63) is 33.3 Å². The highest BCUT2D eigenvalue weighted by Gasteiger charge is 2.57. The maximum Gasteiger partial charge on any atom is 0.305 e. The lowest BCUT2D eigenvalue weighted by Crippen LogP contribution is -2.59. The van der Waals surface area contributed by atoms with Crippen LogP contribution in [0.25, 0.3) is 6.08 Å². The van der Waals surface area contributed by atoms with Gasteiger partial charge in [0.15, 0.2) is 25.0 Å². The molecule has 11 heteroatoms. The van der Waals surface area contributed by atoms with Gasteiger partial charge in [0, 0.05) is 11.3 Å². The molecular weight excluding hydrogens is 791 g/mol. The molecule has 1 heterocycles. The molecule has 0 spiro atoms. The Balaban J connectivity index is 2.41. The van der Waals surface area contributed by atoms with Crippen molar-refractivity contribution in [1.82, 2.24) is 4.98 Å². The van der Waals surface area contributed by atoms with Crippen molar-refractivity contribution >= 4 is 54.1 Å². The second-order valence-electron chi connectivity index (χ2n) is 22.4. The zero-order valence-corrected chi connectivity index (χ0v) is 44.6. The number of thiazole rings is 1. The van der Waals surface area contributed by atoms with Gasteiger partial charge in [0.2, 0.25) is 0 Å². The van der Waals surface area contributed by atoms with Crippen LogP contribution in [0.2, 0.25) is 54.4 Å². The molecular formula is C47H87NO6SSi3. The van der Waals surface area contributed by atoms with E-state index >= 15 is 4.79 Å². The van der Waals surface area contributed by atoms with Crippen LogP contribution in [0.15, 0.2) is 22.6 Å². The second kappa shape index (κ2) is 20.3. The molecule has 0 aromatic carbocycles. The van der Waals surface area contributed by atoms with Crippen molar-refractivity contribution in [2.45, 2.75) is 227 Å². The molecule has 0 saturated heterocycles. The molecule has 334 valence electrons. The summed E-state index contributed by atoms with van der Waals surface area (Å²) in [6.07, 6.45) is 10.2. The fourth-order valence-corrected chi connectivity index (χ4v) is 12.0. The van der Waals surface area contributed by atoms with E-state index in [0.717, 1.165) is 42.8 Å². The van der Waals surface area contributed by atoms with Gasteiger partial charge in [-0.2, -0.15) is 0 Å². The first kappa shape index (κ1) is 52.9. The summed E-state index contributed by atoms with van der Waals surface area (Å²) in [4.78, 5) is 32.3. The Kier molecular flexibility index (Phi) is 18.5. The smallest absolute Gasteiger partial charge is 0.305 e. The second-order valence-corrected chi connectivity index (χ2v) is 37.7. The lowest BCUT2D eigenvalue weighted by molar-refractivity contribution is -0.156. The van der Waals surface area contributed by atoms with Gasteiger partial charge in [0.25, 0.3) is 0 Å². The number of aliphatic carboxylic acids is 1. The van der Waals surface area contributed by atoms with Gasteiger partial charge in [-0.1, -0.05) is 94.2 Å². The average molecular weight is 879 g/mol. The Labute approximate surface area is 363 Å². The number of carboxylic acids is 1. The fourth-order valence-electron chi connectivity index (χ4n) is 7.28. The molecule has 1 aromatic heterocycles. The predicted molar refractivity (Wildman–Crippen MR) is 255 cm³/mol. The fraction of sp³-hybridized carbons (Fsp3) is 0.809. The molecule has 0 bridgehead atoms. The average Bonchev–Trinajstić information content (AvgIpc) is 3.43. The summed E-state index contributed by atoms with van der Waals surface area (Å²) in [5.41, 5.74) is 2.77. The molecule has 1 aliphatic carbocycles. The van der Waals surface area contributed by atoms with Gasteiger partial charge in [0.05, 0.1) is 40.8 Å². The number of carbonyl (C=O) groups is 2. The molecule has 5 atom stereocenters. The zero-order chi connectivity index (χ0) is 44.9. The van der Waals surface area contributed by atoms with Crippen LogP contribution >= 0.6 is 11.3 Å². The van der Waals surface area contributed by atoms with Gasteiger partial charge < -0.3 is 18.4 Å². The molecule has 0 radical (unpaired) electrons. The van der Waals surface area contributed by atoms with Gasteiger partial charge in [-0.05, 0) is 138 Å². The van der Waals surface area contributed by atoms with Crippen molar-refractivity contribution in [2.24, 2.45) is 17.3 Å². The SMILES string of the molecule is CC[C@H](C(=O)C1([C@H](CC(=O)O)O[Si](C)(C)C(C)(C)C)CCC1)[C@H](O[Si](C)(C)C(C)(C)C)[C@@H](C)CCC/C(C)=C\C[C@H](O[Si](C)(C)C(C)(C)C)/C(C)=C/c1csc(C)n1. The van der Waals surface area contributed by atoms with Gasteiger partial charge in [-0.3, -0.25) is 9.59 Å². The maximum atomic E-state index is 15.2. The lowest BCUT2D eigenvalue weighted by Gasteiger charge is -2.52. The Morgan fingerprint density at radius 2 is 1.41 bits per heavy atom. The highest BCUT2D eigenvalue weighted by Crippen LogP contribution is 2.53. The molecule has 1 saturated carbocycles. The molecule has 1 aliphatic rings. The van der Waals surface area contributed by atoms with Gasteiger partial charge in [0.1, 0.15) is 5.78 Å². The summed E-state index contributed by atoms with van der Waals surface area (Å²) in [7, 11) is -6.69. The summed E-state index contributed by atoms with van der Waals surface area (Å²) in [6.45, 7) is 44.6. The van der Waals surface area contributed by atoms with Crippen molar-refractivity contribution in [3.63, 3.8) is 0 Å². The number of nitrogens with zero attached hydrogens (tertiary/aromatic N) is 1. The van der Waals surface area contributed by atoms with E-state index in [4.69, 9.17) is 18.3 Å². The first-order valence-corrected chi connectivity index (χ1v) is 31.9. The number of carbonyl (C=O) groups excluding carboxylic acids is 1. The van der Waals surface area contributed by atoms with Crippen molar-refractivity contribution in [2.75, 3.05) is 0 Å². The van der Waals surface area contributed by atoms with Crippen LogP contribution in [-0.4, -0.2) is 65.1 Å². The first-order chi connectivity index (χ1) is 26.2. The van der Waals surface area contributed by atoms with E-state index in [9.17, 15) is 9.90 Å². The number of ketones is 1. The summed E-state index contributed by atoms with van der Waals surface area (Å²) in [6, 6.07) is 0. The molecule has 0 amide bonds. The van der Waals surface area contributed by atoms with Gasteiger partial charge in [-0.25, -0.2) is 4.98 Å². The van der Waals surface area contributed by atoms with Crippen LogP contribution in [0, 0.1) is 24.2 Å². The summed E-state index contributed by atoms with van der Waals surface area (Å²) >= 11 is 1.68. The third-order valence-electron chi connectivity index (χ3n) is 14.6. The molecule has 1 aromatic rings. The molecule has 2 rings (SSSR count). The first-order valence-electron chi connectivity index (χ1n) is 22.3. The molecule has 1 fully saturated rings. The van der Waals surface area contributed by atoms with Crippen LogP contribution < -0.4 is 0 Å². The van der Waals surface area contributed by atoms with Crippen LogP contribution in [0.5, 0.6) is 0 Å². The Bertz CT molecular complexity index is 1570. The van der Waals surface area contributed by atoms with Crippen LogP contribution in [0.3, 0.4) is 0 Å². The number of aromatic nitrogens is 1. The number of rotatable bonds is 22. The Morgan fingerprint density at radius 1 is 0.897 bits per heavy atom. The standard InChI is InChI=1S/C47H87NO6SSi3/c1-21-38(43(51)47(28-23-29-47)40(31-41(49)50)53-57(17,18)45(9,10)11)42(54-58(19,20)46(12,13)14)34(3)25-22-24-33(2)26-27-39(52-56(15,16)44(6,7)8)35(4)30-37-32-55-36(5)48-37/h26,30,32,34,38-40,42H,21-25,27-29,31H2,1-20H3,(H,49,50)/b33-26-,35-30+/t34-,38-,39-,40-,42+/m0/s1. The van der Waals surface area contributed by atoms with Crippen LogP contribution in [0.4, 0.5) is 0 Å². The van der Waals surface area contributed by atoms with E-state index in [1.54, 1.807) is 11.3 Å². The third-order valence-corrected chi connectivity index (χ3v) is 28.8. The highest BCUT2D eigenvalue weighted by molar-refractivity contribution is 7.09. The van der Waals surface area contributed by atoms with Crippen LogP contribution in [-0.2, 0) is 22.9 Å². The number of hydrogen-bond acceptors (Lipinski definition) is 7. The van der Waals surface area contributed by atoms with Crippen molar-refractivity contribution in [1.29, 1.82) is 0 Å². The normalized spacial score (nSPS) is 19.0. The van der Waals surface area contributed by atoms with Gasteiger partial charge >= 0.3 is 5.97 Å². The third kappa shape index (κ3) is 13.9. The number of Topliss-reactive ketones (excluding diaryl/α,β-unsaturated/α-hetero) is 1. The number of carboxylic acid groups (broad SMARTS) is 1. The lowest BCUT2D eigenvalue weighted by atomic mass is 9.58. The van der Waals surface area contributed by atoms with E-state index < -0.39 is 42.4 Å². The van der Waals surface area contributed by atoms with Crippen molar-refractivity contribution in [3.8, 4) is 0 Å². The van der Waals surface area contributed by atoms with E-state index in [1.165, 1.54) is 11.1 Å². The molecule has 0 unspecified atom stereocenters. The Hall–Kier alpha value is -1.22. The molecule has 58 heavy (non-hydrogen) atoms. The van der Waals surface area contributed by atoms with Crippen molar-refractivity contribution < 1.29 is 28.0 Å². The minimum absolute atomic E-state index is 0.0140. The predicted octanol–water partition coefficient (Wildman–Crippen LogP) is 14.4. The topological polar surface area (TPSA) is 95.0 Å². The monoisotopic (exact) mass is 878 g/mol. The van der Waals surface area contributed by atoms with E-state index in [0.29, 0.717) is 19.3 Å². The summed E-state index contributed by atoms with van der Waals surface area (Å²) in [5.74, 6) is -0.916. The number of allylic oxidation sites excluding steroid dienone is 1. The largest absolute Gasteiger partial charge is 0.481 e. The van der Waals surface area contributed by atoms with E-state index in [1.807, 2.05) is 6.92 Å². The molecule has 1 N–H and O–H groups in total. The Morgan fingerprint density at radius 3 is 1.84 bits per heavy atom. The zero-order valence-electron chi connectivity index (χ0n) is 40.8. The summed E-state index contributed by atoms with van der Waals surface area (Å²) in [5, 5.41) is 13.3. The summed E-state index contributed by atoms with van der Waals surface area (Å²) < 4.78 is 21.3. The van der Waals surface area contributed by atoms with E-state index in [-0.39, 0.29) is 51.4 Å². The molecule has 7 nitrogen and oxygen atoms in total. The quantitative estimate of drug-likeness (QED) is 0.0915. The minimum Gasteiger partial charge on any atom is -0.481 e. The highest BCUT2D eigenvalue weighted by atomic mass is 32.1. The number of aryl methyl sites for hydroxylation is 1. The maximum absolute atomic E-state index is 15.2.